The minimum Gasteiger partial charge on any atom is -0.302 e. The Labute approximate surface area is 139 Å². The molecule has 1 saturated heterocycles. The maximum Gasteiger partial charge on any atom is 0.243 e. The number of aromatic nitrogens is 1. The SMILES string of the molecule is CCCC(=O)Nc1nc2ccc(S(=O)(=O)N3CCCC3)cc2s1. The van der Waals surface area contributed by atoms with Gasteiger partial charge in [0.05, 0.1) is 15.1 Å². The largest absolute Gasteiger partial charge is 0.302 e. The summed E-state index contributed by atoms with van der Waals surface area (Å²) in [6.07, 6.45) is 3.05. The number of carbonyl (C=O) groups is 1. The van der Waals surface area contributed by atoms with Gasteiger partial charge in [0.2, 0.25) is 15.9 Å². The van der Waals surface area contributed by atoms with Crippen LogP contribution in [0.4, 0.5) is 5.13 Å². The molecule has 6 nitrogen and oxygen atoms in total. The normalized spacial score (nSPS) is 16.0. The van der Waals surface area contributed by atoms with Crippen LogP contribution in [0, 0.1) is 0 Å². The van der Waals surface area contributed by atoms with Crippen LogP contribution in [0.3, 0.4) is 0 Å². The molecule has 0 saturated carbocycles. The van der Waals surface area contributed by atoms with Gasteiger partial charge in [-0.05, 0) is 37.5 Å². The number of sulfonamides is 1. The fourth-order valence-electron chi connectivity index (χ4n) is 2.61. The molecule has 0 spiro atoms. The zero-order chi connectivity index (χ0) is 16.4. The van der Waals surface area contributed by atoms with E-state index >= 15 is 0 Å². The first kappa shape index (κ1) is 16.4. The molecule has 3 rings (SSSR count). The number of fused-ring (bicyclic) bond motifs is 1. The van der Waals surface area contributed by atoms with Crippen molar-refractivity contribution in [2.75, 3.05) is 18.4 Å². The number of thiazole rings is 1. The van der Waals surface area contributed by atoms with Crippen LogP contribution in [0.1, 0.15) is 32.6 Å². The lowest BCUT2D eigenvalue weighted by Gasteiger charge is -2.15. The minimum absolute atomic E-state index is 0.0727. The van der Waals surface area contributed by atoms with Crippen molar-refractivity contribution in [1.29, 1.82) is 0 Å². The summed E-state index contributed by atoms with van der Waals surface area (Å²) in [5.41, 5.74) is 0.696. The molecule has 0 aliphatic carbocycles. The predicted molar refractivity (Wildman–Crippen MR) is 91.2 cm³/mol. The van der Waals surface area contributed by atoms with Crippen molar-refractivity contribution in [1.82, 2.24) is 9.29 Å². The molecule has 124 valence electrons. The molecule has 1 aliphatic heterocycles. The highest BCUT2D eigenvalue weighted by Gasteiger charge is 2.27. The third kappa shape index (κ3) is 3.39. The van der Waals surface area contributed by atoms with Gasteiger partial charge in [-0.2, -0.15) is 4.31 Å². The van der Waals surface area contributed by atoms with Gasteiger partial charge in [-0.3, -0.25) is 4.79 Å². The van der Waals surface area contributed by atoms with Crippen molar-refractivity contribution >= 4 is 42.6 Å². The molecule has 0 bridgehead atoms. The van der Waals surface area contributed by atoms with E-state index in [1.807, 2.05) is 6.92 Å². The molecular formula is C15H19N3O3S2. The maximum absolute atomic E-state index is 12.6. The van der Waals surface area contributed by atoms with E-state index in [9.17, 15) is 13.2 Å². The van der Waals surface area contributed by atoms with Gasteiger partial charge in [-0.1, -0.05) is 18.3 Å². The van der Waals surface area contributed by atoms with Crippen LogP contribution >= 0.6 is 11.3 Å². The van der Waals surface area contributed by atoms with Crippen molar-refractivity contribution in [2.45, 2.75) is 37.5 Å². The lowest BCUT2D eigenvalue weighted by Crippen LogP contribution is -2.27. The Kier molecular flexibility index (Phi) is 4.65. The van der Waals surface area contributed by atoms with Gasteiger partial charge < -0.3 is 5.32 Å². The van der Waals surface area contributed by atoms with Crippen molar-refractivity contribution < 1.29 is 13.2 Å². The zero-order valence-corrected chi connectivity index (χ0v) is 14.5. The molecule has 8 heteroatoms. The summed E-state index contributed by atoms with van der Waals surface area (Å²) >= 11 is 1.30. The topological polar surface area (TPSA) is 79.4 Å². The molecule has 1 fully saturated rings. The number of hydrogen-bond donors (Lipinski definition) is 1. The smallest absolute Gasteiger partial charge is 0.243 e. The highest BCUT2D eigenvalue weighted by Crippen LogP contribution is 2.30. The number of amides is 1. The van der Waals surface area contributed by atoms with E-state index in [1.165, 1.54) is 15.6 Å². The van der Waals surface area contributed by atoms with Gasteiger partial charge >= 0.3 is 0 Å². The van der Waals surface area contributed by atoms with Crippen molar-refractivity contribution in [3.05, 3.63) is 18.2 Å². The summed E-state index contributed by atoms with van der Waals surface area (Å²) in [5, 5.41) is 3.26. The van der Waals surface area contributed by atoms with Gasteiger partial charge in [0.15, 0.2) is 5.13 Å². The van der Waals surface area contributed by atoms with Gasteiger partial charge in [0, 0.05) is 19.5 Å². The lowest BCUT2D eigenvalue weighted by molar-refractivity contribution is -0.116. The molecular weight excluding hydrogens is 334 g/mol. The number of nitrogens with zero attached hydrogens (tertiary/aromatic N) is 2. The van der Waals surface area contributed by atoms with Crippen LogP contribution in [-0.4, -0.2) is 36.7 Å². The molecule has 0 atom stereocenters. The number of hydrogen-bond acceptors (Lipinski definition) is 5. The summed E-state index contributed by atoms with van der Waals surface area (Å²) in [7, 11) is -3.43. The summed E-state index contributed by atoms with van der Waals surface area (Å²) in [5.74, 6) is -0.0727. The Morgan fingerprint density at radius 3 is 2.78 bits per heavy atom. The molecule has 23 heavy (non-hydrogen) atoms. The number of benzene rings is 1. The second-order valence-corrected chi connectivity index (χ2v) is 8.53. The van der Waals surface area contributed by atoms with Gasteiger partial charge in [-0.15, -0.1) is 0 Å². The highest BCUT2D eigenvalue weighted by atomic mass is 32.2. The molecule has 0 radical (unpaired) electrons. The van der Waals surface area contributed by atoms with Crippen LogP contribution in [0.15, 0.2) is 23.1 Å². The number of anilines is 1. The van der Waals surface area contributed by atoms with Crippen molar-refractivity contribution in [2.24, 2.45) is 0 Å². The van der Waals surface area contributed by atoms with E-state index in [4.69, 9.17) is 0 Å². The number of carbonyl (C=O) groups excluding carboxylic acids is 1. The second kappa shape index (κ2) is 6.54. The maximum atomic E-state index is 12.6. The van der Waals surface area contributed by atoms with Crippen LogP contribution in [0.2, 0.25) is 0 Å². The van der Waals surface area contributed by atoms with Gasteiger partial charge in [0.25, 0.3) is 0 Å². The quantitative estimate of drug-likeness (QED) is 0.896. The average Bonchev–Trinajstić information content (AvgIpc) is 3.15. The Morgan fingerprint density at radius 2 is 2.09 bits per heavy atom. The lowest BCUT2D eigenvalue weighted by atomic mass is 10.3. The first-order valence-electron chi connectivity index (χ1n) is 7.71. The molecule has 0 unspecified atom stereocenters. The van der Waals surface area contributed by atoms with Crippen LogP contribution < -0.4 is 5.32 Å². The first-order chi connectivity index (χ1) is 11.0. The van der Waals surface area contributed by atoms with Crippen molar-refractivity contribution in [3.63, 3.8) is 0 Å². The zero-order valence-electron chi connectivity index (χ0n) is 12.9. The molecule has 1 aromatic carbocycles. The van der Waals surface area contributed by atoms with E-state index in [0.717, 1.165) is 24.0 Å². The summed E-state index contributed by atoms with van der Waals surface area (Å²) in [6.45, 7) is 3.11. The molecule has 2 heterocycles. The van der Waals surface area contributed by atoms with Gasteiger partial charge in [-0.25, -0.2) is 13.4 Å². The Morgan fingerprint density at radius 1 is 1.35 bits per heavy atom. The van der Waals surface area contributed by atoms with Crippen LogP contribution in [0.25, 0.3) is 10.2 Å². The Bertz CT molecular complexity index is 824. The van der Waals surface area contributed by atoms with E-state index in [-0.39, 0.29) is 5.91 Å². The monoisotopic (exact) mass is 353 g/mol. The fourth-order valence-corrected chi connectivity index (χ4v) is 5.14. The minimum atomic E-state index is -3.43. The summed E-state index contributed by atoms with van der Waals surface area (Å²) < 4.78 is 27.5. The number of rotatable bonds is 5. The average molecular weight is 353 g/mol. The standard InChI is InChI=1S/C15H19N3O3S2/c1-2-5-14(19)17-15-16-12-7-6-11(10-13(12)22-15)23(20,21)18-8-3-4-9-18/h6-7,10H,2-5,8-9H2,1H3,(H,16,17,19). The third-order valence-corrected chi connectivity index (χ3v) is 6.61. The third-order valence-electron chi connectivity index (χ3n) is 3.79. The molecule has 2 aromatic rings. The van der Waals surface area contributed by atoms with E-state index in [0.29, 0.717) is 35.1 Å². The first-order valence-corrected chi connectivity index (χ1v) is 9.97. The van der Waals surface area contributed by atoms with E-state index in [2.05, 4.69) is 10.3 Å². The summed E-state index contributed by atoms with van der Waals surface area (Å²) in [6, 6.07) is 4.94. The molecule has 1 amide bonds. The second-order valence-electron chi connectivity index (χ2n) is 5.56. The predicted octanol–water partition coefficient (Wildman–Crippen LogP) is 2.82. The van der Waals surface area contributed by atoms with Gasteiger partial charge in [0.1, 0.15) is 0 Å². The Hall–Kier alpha value is -1.51. The van der Waals surface area contributed by atoms with Crippen LogP contribution in [-0.2, 0) is 14.8 Å². The molecule has 1 aliphatic rings. The Balaban J connectivity index is 1.88. The molecule has 1 N–H and O–H groups in total. The van der Waals surface area contributed by atoms with Crippen molar-refractivity contribution in [3.8, 4) is 0 Å². The van der Waals surface area contributed by atoms with E-state index < -0.39 is 10.0 Å². The molecule has 1 aromatic heterocycles. The van der Waals surface area contributed by atoms with Crippen LogP contribution in [0.5, 0.6) is 0 Å². The highest BCUT2D eigenvalue weighted by molar-refractivity contribution is 7.89. The fraction of sp³-hybridized carbons (Fsp3) is 0.467. The summed E-state index contributed by atoms with van der Waals surface area (Å²) in [4.78, 5) is 16.3. The van der Waals surface area contributed by atoms with E-state index in [1.54, 1.807) is 18.2 Å². The number of nitrogens with one attached hydrogen (secondary N) is 1.